The van der Waals surface area contributed by atoms with Gasteiger partial charge >= 0.3 is 0 Å². The van der Waals surface area contributed by atoms with Gasteiger partial charge in [0.1, 0.15) is 11.5 Å². The van der Waals surface area contributed by atoms with Crippen molar-refractivity contribution in [2.45, 2.75) is 45.7 Å². The predicted molar refractivity (Wildman–Crippen MR) is 123 cm³/mol. The second kappa shape index (κ2) is 9.92. The van der Waals surface area contributed by atoms with Gasteiger partial charge in [0.2, 0.25) is 5.91 Å². The van der Waals surface area contributed by atoms with Gasteiger partial charge < -0.3 is 14.8 Å². The summed E-state index contributed by atoms with van der Waals surface area (Å²) in [6, 6.07) is 14.0. The highest BCUT2D eigenvalue weighted by Gasteiger charge is 2.27. The van der Waals surface area contributed by atoms with Crippen LogP contribution in [0.15, 0.2) is 47.8 Å². The number of aromatic nitrogens is 2. The van der Waals surface area contributed by atoms with Crippen molar-refractivity contribution in [1.29, 1.82) is 0 Å². The summed E-state index contributed by atoms with van der Waals surface area (Å²) >= 11 is 1.60. The van der Waals surface area contributed by atoms with Crippen LogP contribution in [-0.2, 0) is 24.3 Å². The Bertz CT molecular complexity index is 1030. The van der Waals surface area contributed by atoms with E-state index in [4.69, 9.17) is 4.98 Å². The SMILES string of the molecule is CCN(CC(=O)NCc1cccs1)C(=O)c1nc(-c2ccccc2)n2c1CCCCC2. The molecule has 3 heterocycles. The summed E-state index contributed by atoms with van der Waals surface area (Å²) in [5.41, 5.74) is 2.51. The van der Waals surface area contributed by atoms with E-state index in [2.05, 4.69) is 9.88 Å². The molecule has 1 aliphatic heterocycles. The van der Waals surface area contributed by atoms with Gasteiger partial charge in [0, 0.05) is 23.5 Å². The number of rotatable bonds is 7. The number of nitrogens with one attached hydrogen (secondary N) is 1. The molecule has 3 aromatic rings. The number of amides is 2. The first-order chi connectivity index (χ1) is 15.2. The Morgan fingerprint density at radius 1 is 1.13 bits per heavy atom. The van der Waals surface area contributed by atoms with Gasteiger partial charge in [-0.05, 0) is 37.6 Å². The van der Waals surface area contributed by atoms with Crippen LogP contribution in [0.3, 0.4) is 0 Å². The van der Waals surface area contributed by atoms with Crippen LogP contribution in [0.1, 0.15) is 47.2 Å². The number of carbonyl (C=O) groups is 2. The molecule has 2 amide bonds. The van der Waals surface area contributed by atoms with Crippen LogP contribution in [0.2, 0.25) is 0 Å². The molecule has 0 aliphatic carbocycles. The minimum Gasteiger partial charge on any atom is -0.350 e. The Morgan fingerprint density at radius 2 is 1.97 bits per heavy atom. The number of carbonyl (C=O) groups excluding carboxylic acids is 2. The number of nitrogens with zero attached hydrogens (tertiary/aromatic N) is 3. The van der Waals surface area contributed by atoms with Crippen LogP contribution in [0, 0.1) is 0 Å². The number of hydrogen-bond acceptors (Lipinski definition) is 4. The quantitative estimate of drug-likeness (QED) is 0.606. The molecule has 6 nitrogen and oxygen atoms in total. The molecule has 2 aromatic heterocycles. The highest BCUT2D eigenvalue weighted by Crippen LogP contribution is 2.27. The van der Waals surface area contributed by atoms with Crippen molar-refractivity contribution < 1.29 is 9.59 Å². The van der Waals surface area contributed by atoms with Gasteiger partial charge in [-0.1, -0.05) is 42.8 Å². The van der Waals surface area contributed by atoms with Gasteiger partial charge in [-0.25, -0.2) is 4.98 Å². The van der Waals surface area contributed by atoms with E-state index < -0.39 is 0 Å². The summed E-state index contributed by atoms with van der Waals surface area (Å²) in [6.45, 7) is 3.75. The molecular weight excluding hydrogens is 408 g/mol. The zero-order chi connectivity index (χ0) is 21.6. The molecule has 0 fully saturated rings. The average Bonchev–Trinajstić information content (AvgIpc) is 3.38. The van der Waals surface area contributed by atoms with E-state index in [9.17, 15) is 9.59 Å². The standard InChI is InChI=1S/C24H28N4O2S/c1-2-27(17-21(29)25-16-19-12-9-15-31-19)24(30)22-20-13-7-4-8-14-28(20)23(26-22)18-10-5-3-6-11-18/h3,5-6,9-12,15H,2,4,7-8,13-14,16-17H2,1H3,(H,25,29). The average molecular weight is 437 g/mol. The van der Waals surface area contributed by atoms with E-state index in [-0.39, 0.29) is 18.4 Å². The second-order valence-corrected chi connectivity index (χ2v) is 8.77. The Hall–Kier alpha value is -2.93. The Balaban J connectivity index is 1.56. The van der Waals surface area contributed by atoms with Gasteiger partial charge in [0.05, 0.1) is 18.8 Å². The molecule has 0 bridgehead atoms. The lowest BCUT2D eigenvalue weighted by molar-refractivity contribution is -0.121. The molecule has 162 valence electrons. The first-order valence-electron chi connectivity index (χ1n) is 10.9. The first kappa shape index (κ1) is 21.3. The monoisotopic (exact) mass is 436 g/mol. The van der Waals surface area contributed by atoms with Crippen molar-refractivity contribution >= 4 is 23.2 Å². The lowest BCUT2D eigenvalue weighted by Crippen LogP contribution is -2.40. The highest BCUT2D eigenvalue weighted by atomic mass is 32.1. The third-order valence-corrected chi connectivity index (χ3v) is 6.52. The molecule has 0 saturated carbocycles. The molecule has 7 heteroatoms. The maximum atomic E-state index is 13.4. The van der Waals surface area contributed by atoms with Crippen LogP contribution in [0.25, 0.3) is 11.4 Å². The smallest absolute Gasteiger partial charge is 0.274 e. The lowest BCUT2D eigenvalue weighted by Gasteiger charge is -2.20. The van der Waals surface area contributed by atoms with Crippen LogP contribution in [0.5, 0.6) is 0 Å². The van der Waals surface area contributed by atoms with E-state index in [1.54, 1.807) is 16.2 Å². The number of likely N-dealkylation sites (N-methyl/N-ethyl adjacent to an activating group) is 1. The molecule has 0 radical (unpaired) electrons. The molecule has 1 N–H and O–H groups in total. The van der Waals surface area contributed by atoms with Gasteiger partial charge in [-0.2, -0.15) is 0 Å². The summed E-state index contributed by atoms with van der Waals surface area (Å²) in [5.74, 6) is 0.526. The largest absolute Gasteiger partial charge is 0.350 e. The Labute approximate surface area is 186 Å². The number of fused-ring (bicyclic) bond motifs is 1. The maximum Gasteiger partial charge on any atom is 0.274 e. The zero-order valence-corrected chi connectivity index (χ0v) is 18.7. The summed E-state index contributed by atoms with van der Waals surface area (Å²) in [4.78, 5) is 33.4. The van der Waals surface area contributed by atoms with E-state index in [0.29, 0.717) is 18.8 Å². The minimum absolute atomic E-state index is 0.0354. The van der Waals surface area contributed by atoms with Crippen molar-refractivity contribution in [1.82, 2.24) is 19.8 Å². The van der Waals surface area contributed by atoms with E-state index >= 15 is 0 Å². The van der Waals surface area contributed by atoms with Crippen molar-refractivity contribution in [2.75, 3.05) is 13.1 Å². The first-order valence-corrected chi connectivity index (χ1v) is 11.8. The van der Waals surface area contributed by atoms with Gasteiger partial charge in [0.25, 0.3) is 5.91 Å². The molecular formula is C24H28N4O2S. The molecule has 1 aliphatic rings. The van der Waals surface area contributed by atoms with Crippen molar-refractivity contribution in [3.8, 4) is 11.4 Å². The van der Waals surface area contributed by atoms with Crippen molar-refractivity contribution in [3.05, 3.63) is 64.1 Å². The summed E-state index contributed by atoms with van der Waals surface area (Å²) in [5, 5.41) is 4.90. The number of thiophene rings is 1. The van der Waals surface area contributed by atoms with E-state index in [1.807, 2.05) is 54.8 Å². The van der Waals surface area contributed by atoms with Crippen molar-refractivity contribution in [2.24, 2.45) is 0 Å². The topological polar surface area (TPSA) is 67.2 Å². The molecule has 0 atom stereocenters. The second-order valence-electron chi connectivity index (χ2n) is 7.73. The van der Waals surface area contributed by atoms with E-state index in [1.165, 1.54) is 0 Å². The van der Waals surface area contributed by atoms with Crippen LogP contribution in [0.4, 0.5) is 0 Å². The summed E-state index contributed by atoms with van der Waals surface area (Å²) < 4.78 is 2.21. The number of hydrogen-bond donors (Lipinski definition) is 1. The van der Waals surface area contributed by atoms with Crippen LogP contribution < -0.4 is 5.32 Å². The van der Waals surface area contributed by atoms with Crippen LogP contribution in [-0.4, -0.2) is 39.4 Å². The third-order valence-electron chi connectivity index (χ3n) is 5.65. The third kappa shape index (κ3) is 4.88. The van der Waals surface area contributed by atoms with Gasteiger partial charge in [0.15, 0.2) is 0 Å². The van der Waals surface area contributed by atoms with E-state index in [0.717, 1.165) is 54.2 Å². The summed E-state index contributed by atoms with van der Waals surface area (Å²) in [7, 11) is 0. The molecule has 31 heavy (non-hydrogen) atoms. The van der Waals surface area contributed by atoms with Gasteiger partial charge in [-0.3, -0.25) is 9.59 Å². The minimum atomic E-state index is -0.165. The summed E-state index contributed by atoms with van der Waals surface area (Å²) in [6.07, 6.45) is 4.11. The zero-order valence-electron chi connectivity index (χ0n) is 17.8. The number of imidazole rings is 1. The van der Waals surface area contributed by atoms with Crippen LogP contribution >= 0.6 is 11.3 Å². The molecule has 0 saturated heterocycles. The highest BCUT2D eigenvalue weighted by molar-refractivity contribution is 7.09. The molecule has 4 rings (SSSR count). The van der Waals surface area contributed by atoms with Gasteiger partial charge in [-0.15, -0.1) is 11.3 Å². The maximum absolute atomic E-state index is 13.4. The fraction of sp³-hybridized carbons (Fsp3) is 0.375. The lowest BCUT2D eigenvalue weighted by atomic mass is 10.1. The molecule has 0 spiro atoms. The molecule has 0 unspecified atom stereocenters. The fourth-order valence-corrected chi connectivity index (χ4v) is 4.65. The van der Waals surface area contributed by atoms with Crippen molar-refractivity contribution in [3.63, 3.8) is 0 Å². The predicted octanol–water partition coefficient (Wildman–Crippen LogP) is 4.12. The Kier molecular flexibility index (Phi) is 6.82. The normalized spacial score (nSPS) is 13.3. The fourth-order valence-electron chi connectivity index (χ4n) is 4.00. The Morgan fingerprint density at radius 3 is 2.71 bits per heavy atom. The number of benzene rings is 1. The molecule has 1 aromatic carbocycles.